The molecule has 270 valence electrons. The minimum atomic E-state index is -0.523. The van der Waals surface area contributed by atoms with Crippen molar-refractivity contribution >= 4 is 29.2 Å². The molecule has 0 unspecified atom stereocenters. The summed E-state index contributed by atoms with van der Waals surface area (Å²) in [6.45, 7) is 7.63. The van der Waals surface area contributed by atoms with E-state index in [1.54, 1.807) is 60.2 Å². The highest BCUT2D eigenvalue weighted by atomic mass is 16.7. The van der Waals surface area contributed by atoms with Crippen LogP contribution >= 0.6 is 0 Å². The number of hydrogen-bond acceptors (Lipinski definition) is 9. The number of rotatable bonds is 10. The highest BCUT2D eigenvalue weighted by Gasteiger charge is 2.31. The second-order valence-corrected chi connectivity index (χ2v) is 13.3. The summed E-state index contributed by atoms with van der Waals surface area (Å²) in [7, 11) is 5.77. The van der Waals surface area contributed by atoms with Crippen LogP contribution in [0.1, 0.15) is 63.2 Å². The summed E-state index contributed by atoms with van der Waals surface area (Å²) in [6.07, 6.45) is 3.13. The number of aliphatic hydroxyl groups is 1. The molecule has 2 heterocycles. The van der Waals surface area contributed by atoms with Crippen LogP contribution in [-0.2, 0) is 9.53 Å². The van der Waals surface area contributed by atoms with E-state index in [0.717, 1.165) is 32.2 Å². The smallest absolute Gasteiger partial charge is 0.323 e. The first-order valence-electron chi connectivity index (χ1n) is 17.2. The zero-order chi connectivity index (χ0) is 35.5. The highest BCUT2D eigenvalue weighted by molar-refractivity contribution is 6.02. The molecule has 2 aromatic rings. The van der Waals surface area contributed by atoms with Crippen LogP contribution in [0.25, 0.3) is 0 Å². The van der Waals surface area contributed by atoms with Crippen molar-refractivity contribution in [3.63, 3.8) is 0 Å². The lowest BCUT2D eigenvalue weighted by molar-refractivity contribution is -0.132. The summed E-state index contributed by atoms with van der Waals surface area (Å²) in [5.41, 5.74) is 1.17. The van der Waals surface area contributed by atoms with Gasteiger partial charge in [0.2, 0.25) is 12.7 Å². The molecule has 4 atom stereocenters. The van der Waals surface area contributed by atoms with E-state index in [0.29, 0.717) is 48.2 Å². The zero-order valence-corrected chi connectivity index (χ0v) is 29.7. The fourth-order valence-corrected chi connectivity index (χ4v) is 5.84. The number of carbonyl (C=O) groups is 3. The number of benzene rings is 2. The van der Waals surface area contributed by atoms with Crippen molar-refractivity contribution in [1.29, 1.82) is 0 Å². The Morgan fingerprint density at radius 3 is 2.41 bits per heavy atom. The van der Waals surface area contributed by atoms with Crippen molar-refractivity contribution in [1.82, 2.24) is 14.7 Å². The van der Waals surface area contributed by atoms with E-state index in [-0.39, 0.29) is 55.4 Å². The van der Waals surface area contributed by atoms with E-state index >= 15 is 0 Å². The van der Waals surface area contributed by atoms with Crippen LogP contribution in [0.2, 0.25) is 0 Å². The number of hydrogen-bond donors (Lipinski definition) is 3. The van der Waals surface area contributed by atoms with Crippen molar-refractivity contribution in [2.24, 2.45) is 5.92 Å². The van der Waals surface area contributed by atoms with Gasteiger partial charge in [0, 0.05) is 56.5 Å². The Kier molecular flexibility index (Phi) is 13.9. The van der Waals surface area contributed by atoms with Crippen LogP contribution in [-0.4, -0.2) is 117 Å². The van der Waals surface area contributed by atoms with Crippen LogP contribution in [0, 0.1) is 5.92 Å². The van der Waals surface area contributed by atoms with Crippen LogP contribution in [0.5, 0.6) is 17.2 Å². The Balaban J connectivity index is 1.55. The number of anilines is 2. The van der Waals surface area contributed by atoms with E-state index in [2.05, 4.69) is 15.5 Å². The van der Waals surface area contributed by atoms with Gasteiger partial charge in [-0.3, -0.25) is 9.59 Å². The van der Waals surface area contributed by atoms with Crippen molar-refractivity contribution in [3.05, 3.63) is 42.0 Å². The lowest BCUT2D eigenvalue weighted by Gasteiger charge is -2.36. The number of nitrogens with zero attached hydrogens (tertiary/aromatic N) is 3. The van der Waals surface area contributed by atoms with Gasteiger partial charge in [-0.25, -0.2) is 4.79 Å². The number of carbonyl (C=O) groups excluding carboxylic acids is 3. The third-order valence-corrected chi connectivity index (χ3v) is 8.82. The molecule has 3 N–H and O–H groups in total. The summed E-state index contributed by atoms with van der Waals surface area (Å²) < 4.78 is 23.4. The lowest BCUT2D eigenvalue weighted by Crippen LogP contribution is -2.48. The molecule has 0 aliphatic carbocycles. The lowest BCUT2D eigenvalue weighted by atomic mass is 10.0. The van der Waals surface area contributed by atoms with Crippen molar-refractivity contribution < 1.29 is 38.4 Å². The number of urea groups is 1. The predicted molar refractivity (Wildman–Crippen MR) is 188 cm³/mol. The molecule has 49 heavy (non-hydrogen) atoms. The Bertz CT molecular complexity index is 1420. The van der Waals surface area contributed by atoms with Crippen LogP contribution < -0.4 is 24.8 Å². The molecule has 4 amide bonds. The Labute approximate surface area is 289 Å². The average Bonchev–Trinajstić information content (AvgIpc) is 3.53. The first kappa shape index (κ1) is 37.7. The molecular formula is C36H53N5O8. The fraction of sp³-hybridized carbons (Fsp3) is 0.583. The fourth-order valence-electron chi connectivity index (χ4n) is 5.84. The Morgan fingerprint density at radius 2 is 1.69 bits per heavy atom. The number of fused-ring (bicyclic) bond motifs is 2. The van der Waals surface area contributed by atoms with Gasteiger partial charge < -0.3 is 49.4 Å². The average molecular weight is 684 g/mol. The zero-order valence-electron chi connectivity index (χ0n) is 29.7. The molecule has 13 nitrogen and oxygen atoms in total. The maximum Gasteiger partial charge on any atom is 0.323 e. The summed E-state index contributed by atoms with van der Waals surface area (Å²) in [5, 5.41) is 15.8. The molecule has 0 bridgehead atoms. The molecule has 0 fully saturated rings. The number of ether oxygens (including phenoxy) is 4. The van der Waals surface area contributed by atoms with Crippen molar-refractivity contribution in [3.8, 4) is 17.2 Å². The molecule has 4 rings (SSSR count). The van der Waals surface area contributed by atoms with Crippen molar-refractivity contribution in [2.75, 3.05) is 71.4 Å². The number of amides is 4. The van der Waals surface area contributed by atoms with E-state index in [1.807, 2.05) is 27.9 Å². The monoisotopic (exact) mass is 683 g/mol. The Hall–Kier alpha value is -4.07. The standard InChI is InChI=1S/C36H53N5O8/c1-24-20-41(25(2)22-42)35(44)29-18-27(37-36(45)38-28-13-15-31-32(19-28)48-23-47-31)12-14-30(29)49-26(3)10-7-8-17-46-33(24)21-40(6)34(43)11-9-16-39(4)5/h12-15,18-19,24-26,33,42H,7-11,16-17,20-23H2,1-6H3,(H2,37,38,45)/t24-,25+,26-,33+/m0/s1. The number of likely N-dealkylation sites (N-methyl/N-ethyl adjacent to an activating group) is 1. The first-order valence-corrected chi connectivity index (χ1v) is 17.2. The molecule has 2 aliphatic rings. The minimum absolute atomic E-state index is 0.0520. The largest absolute Gasteiger partial charge is 0.490 e. The minimum Gasteiger partial charge on any atom is -0.490 e. The summed E-state index contributed by atoms with van der Waals surface area (Å²) >= 11 is 0. The maximum atomic E-state index is 14.4. The van der Waals surface area contributed by atoms with Gasteiger partial charge in [-0.1, -0.05) is 6.92 Å². The number of aliphatic hydroxyl groups excluding tert-OH is 1. The maximum absolute atomic E-state index is 14.4. The van der Waals surface area contributed by atoms with Gasteiger partial charge in [-0.05, 0) is 90.5 Å². The van der Waals surface area contributed by atoms with Crippen LogP contribution in [0.3, 0.4) is 0 Å². The van der Waals surface area contributed by atoms with Gasteiger partial charge in [-0.2, -0.15) is 0 Å². The molecule has 0 saturated heterocycles. The second kappa shape index (κ2) is 18.1. The predicted octanol–water partition coefficient (Wildman–Crippen LogP) is 4.66. The quantitative estimate of drug-likeness (QED) is 0.326. The molecule has 2 aromatic carbocycles. The van der Waals surface area contributed by atoms with Gasteiger partial charge in [0.1, 0.15) is 5.75 Å². The van der Waals surface area contributed by atoms with Crippen LogP contribution in [0.15, 0.2) is 36.4 Å². The normalized spacial score (nSPS) is 20.5. The molecule has 0 radical (unpaired) electrons. The van der Waals surface area contributed by atoms with E-state index < -0.39 is 12.1 Å². The van der Waals surface area contributed by atoms with E-state index in [1.165, 1.54) is 0 Å². The molecule has 0 spiro atoms. The van der Waals surface area contributed by atoms with Gasteiger partial charge in [0.25, 0.3) is 5.91 Å². The van der Waals surface area contributed by atoms with E-state index in [4.69, 9.17) is 18.9 Å². The number of nitrogens with one attached hydrogen (secondary N) is 2. The van der Waals surface area contributed by atoms with Gasteiger partial charge in [0.05, 0.1) is 30.4 Å². The molecule has 0 saturated carbocycles. The third-order valence-electron chi connectivity index (χ3n) is 8.82. The molecular weight excluding hydrogens is 630 g/mol. The van der Waals surface area contributed by atoms with E-state index in [9.17, 15) is 19.5 Å². The summed E-state index contributed by atoms with van der Waals surface area (Å²) in [6, 6.07) is 9.07. The Morgan fingerprint density at radius 1 is 1.00 bits per heavy atom. The van der Waals surface area contributed by atoms with Crippen molar-refractivity contribution in [2.45, 2.75) is 71.1 Å². The summed E-state index contributed by atoms with van der Waals surface area (Å²) in [4.78, 5) is 45.7. The third kappa shape index (κ3) is 11.0. The summed E-state index contributed by atoms with van der Waals surface area (Å²) in [5.74, 6) is 1.08. The first-order chi connectivity index (χ1) is 23.4. The van der Waals surface area contributed by atoms with Crippen LogP contribution in [0.4, 0.5) is 16.2 Å². The second-order valence-electron chi connectivity index (χ2n) is 13.3. The topological polar surface area (TPSA) is 142 Å². The molecule has 0 aromatic heterocycles. The molecule has 2 aliphatic heterocycles. The SMILES string of the molecule is C[C@H](CO)N1C[C@H](C)[C@@H](CN(C)C(=O)CCCN(C)C)OCCCC[C@H](C)Oc2ccc(NC(=O)Nc3ccc4c(c3)OCO4)cc2C1=O. The molecule has 13 heteroatoms. The van der Waals surface area contributed by atoms with Gasteiger partial charge in [0.15, 0.2) is 11.5 Å². The highest BCUT2D eigenvalue weighted by Crippen LogP contribution is 2.34. The van der Waals surface area contributed by atoms with Gasteiger partial charge >= 0.3 is 6.03 Å². The van der Waals surface area contributed by atoms with Gasteiger partial charge in [-0.15, -0.1) is 0 Å².